The summed E-state index contributed by atoms with van der Waals surface area (Å²) in [5.41, 5.74) is -0.0437. The van der Waals surface area contributed by atoms with E-state index in [9.17, 15) is 17.6 Å². The number of hydrogen-bond donors (Lipinski definition) is 0. The molecule has 0 saturated carbocycles. The number of likely N-dealkylation sites (tertiary alicyclic amines) is 1. The van der Waals surface area contributed by atoms with Crippen LogP contribution >= 0.6 is 0 Å². The van der Waals surface area contributed by atoms with Gasteiger partial charge in [-0.25, -0.2) is 12.8 Å². The Morgan fingerprint density at radius 3 is 2.33 bits per heavy atom. The van der Waals surface area contributed by atoms with Crippen LogP contribution in [0.25, 0.3) is 0 Å². The van der Waals surface area contributed by atoms with Crippen LogP contribution in [0.3, 0.4) is 0 Å². The molecular weight excluding hydrogens is 333 g/mol. The zero-order chi connectivity index (χ0) is 17.3. The average Bonchev–Trinajstić information content (AvgIpc) is 2.53. The van der Waals surface area contributed by atoms with E-state index in [-0.39, 0.29) is 23.5 Å². The van der Waals surface area contributed by atoms with Gasteiger partial charge in [0.2, 0.25) is 0 Å². The van der Waals surface area contributed by atoms with Crippen molar-refractivity contribution in [1.29, 1.82) is 0 Å². The molecule has 3 rings (SSSR count). The van der Waals surface area contributed by atoms with Crippen LogP contribution in [0.2, 0.25) is 0 Å². The minimum absolute atomic E-state index is 0.0437. The van der Waals surface area contributed by atoms with Crippen molar-refractivity contribution in [1.82, 2.24) is 4.90 Å². The lowest BCUT2D eigenvalue weighted by atomic mass is 10.1. The molecule has 2 aromatic rings. The maximum atomic E-state index is 13.7. The van der Waals surface area contributed by atoms with Gasteiger partial charge in [0.15, 0.2) is 9.84 Å². The molecule has 0 spiro atoms. The SMILES string of the molecule is COc1ccc(S(=O)(=O)C2CN(C(=O)c3ccccc3F)C2)cc1. The van der Waals surface area contributed by atoms with Crippen molar-refractivity contribution in [2.45, 2.75) is 10.1 Å². The number of amides is 1. The summed E-state index contributed by atoms with van der Waals surface area (Å²) in [6.45, 7) is 0.114. The molecule has 7 heteroatoms. The highest BCUT2D eigenvalue weighted by Gasteiger charge is 2.41. The lowest BCUT2D eigenvalue weighted by molar-refractivity contribution is 0.0654. The molecule has 5 nitrogen and oxygen atoms in total. The molecule has 0 aliphatic carbocycles. The lowest BCUT2D eigenvalue weighted by Gasteiger charge is -2.38. The van der Waals surface area contributed by atoms with E-state index in [0.29, 0.717) is 5.75 Å². The summed E-state index contributed by atoms with van der Waals surface area (Å²) < 4.78 is 43.7. The van der Waals surface area contributed by atoms with Gasteiger partial charge in [-0.3, -0.25) is 4.79 Å². The highest BCUT2D eigenvalue weighted by molar-refractivity contribution is 7.92. The van der Waals surface area contributed by atoms with Crippen LogP contribution in [-0.2, 0) is 9.84 Å². The predicted octanol–water partition coefficient (Wildman–Crippen LogP) is 2.13. The van der Waals surface area contributed by atoms with E-state index >= 15 is 0 Å². The molecule has 1 aliphatic rings. The van der Waals surface area contributed by atoms with Gasteiger partial charge in [-0.15, -0.1) is 0 Å². The van der Waals surface area contributed by atoms with Crippen LogP contribution in [-0.4, -0.2) is 44.7 Å². The summed E-state index contributed by atoms with van der Waals surface area (Å²) in [6, 6.07) is 11.8. The first-order valence-electron chi connectivity index (χ1n) is 7.35. The Hall–Kier alpha value is -2.41. The first-order chi connectivity index (χ1) is 11.4. The number of halogens is 1. The van der Waals surface area contributed by atoms with Crippen molar-refractivity contribution in [2.24, 2.45) is 0 Å². The quantitative estimate of drug-likeness (QED) is 0.848. The van der Waals surface area contributed by atoms with Gasteiger partial charge in [0.25, 0.3) is 5.91 Å². The Kier molecular flexibility index (Phi) is 4.28. The van der Waals surface area contributed by atoms with Gasteiger partial charge in [0.1, 0.15) is 16.8 Å². The Bertz CT molecular complexity index is 858. The van der Waals surface area contributed by atoms with E-state index in [2.05, 4.69) is 0 Å². The van der Waals surface area contributed by atoms with E-state index in [1.807, 2.05) is 0 Å². The number of nitrogens with zero attached hydrogens (tertiary/aromatic N) is 1. The first kappa shape index (κ1) is 16.4. The molecule has 126 valence electrons. The molecular formula is C17H16FNO4S. The number of ether oxygens (including phenoxy) is 1. The lowest BCUT2D eigenvalue weighted by Crippen LogP contribution is -2.56. The Labute approximate surface area is 139 Å². The van der Waals surface area contributed by atoms with Gasteiger partial charge in [-0.2, -0.15) is 0 Å². The van der Waals surface area contributed by atoms with Crippen molar-refractivity contribution in [3.05, 3.63) is 59.9 Å². The van der Waals surface area contributed by atoms with E-state index in [0.717, 1.165) is 0 Å². The minimum Gasteiger partial charge on any atom is -0.497 e. The van der Waals surface area contributed by atoms with E-state index in [4.69, 9.17) is 4.74 Å². The number of sulfone groups is 1. The molecule has 1 heterocycles. The van der Waals surface area contributed by atoms with E-state index in [1.165, 1.54) is 42.3 Å². The number of carbonyl (C=O) groups excluding carboxylic acids is 1. The maximum Gasteiger partial charge on any atom is 0.256 e. The second-order valence-corrected chi connectivity index (χ2v) is 7.76. The van der Waals surface area contributed by atoms with Crippen molar-refractivity contribution in [3.8, 4) is 5.75 Å². The van der Waals surface area contributed by atoms with Crippen molar-refractivity contribution in [3.63, 3.8) is 0 Å². The standard InChI is InChI=1S/C17H16FNO4S/c1-23-12-6-8-13(9-7-12)24(21,22)14-10-19(11-14)17(20)15-4-2-3-5-16(15)18/h2-9,14H,10-11H2,1H3. The Balaban J connectivity index is 1.71. The summed E-state index contributed by atoms with van der Waals surface area (Å²) in [6.07, 6.45) is 0. The Morgan fingerprint density at radius 1 is 1.12 bits per heavy atom. The third-order valence-corrected chi connectivity index (χ3v) is 6.17. The summed E-state index contributed by atoms with van der Waals surface area (Å²) >= 11 is 0. The van der Waals surface area contributed by atoms with Crippen molar-refractivity contribution >= 4 is 15.7 Å². The molecule has 0 bridgehead atoms. The smallest absolute Gasteiger partial charge is 0.256 e. The monoisotopic (exact) mass is 349 g/mol. The van der Waals surface area contributed by atoms with Crippen molar-refractivity contribution in [2.75, 3.05) is 20.2 Å². The molecule has 1 fully saturated rings. The van der Waals surface area contributed by atoms with Gasteiger partial charge in [-0.1, -0.05) is 12.1 Å². The van der Waals surface area contributed by atoms with Gasteiger partial charge in [0.05, 0.1) is 17.6 Å². The summed E-state index contributed by atoms with van der Waals surface area (Å²) in [5.74, 6) is -0.530. The molecule has 0 radical (unpaired) electrons. The van der Waals surface area contributed by atoms with E-state index < -0.39 is 26.8 Å². The van der Waals surface area contributed by atoms with Crippen LogP contribution in [0, 0.1) is 5.82 Å². The largest absolute Gasteiger partial charge is 0.497 e. The number of methoxy groups -OCH3 is 1. The molecule has 0 aromatic heterocycles. The Morgan fingerprint density at radius 2 is 1.75 bits per heavy atom. The number of benzene rings is 2. The highest BCUT2D eigenvalue weighted by Crippen LogP contribution is 2.26. The zero-order valence-electron chi connectivity index (χ0n) is 13.0. The third kappa shape index (κ3) is 2.87. The van der Waals surface area contributed by atoms with E-state index in [1.54, 1.807) is 18.2 Å². The number of carbonyl (C=O) groups is 1. The summed E-state index contributed by atoms with van der Waals surface area (Å²) in [4.78, 5) is 13.7. The van der Waals surface area contributed by atoms with Gasteiger partial charge in [0, 0.05) is 13.1 Å². The topological polar surface area (TPSA) is 63.7 Å². The summed E-state index contributed by atoms with van der Waals surface area (Å²) in [5, 5.41) is -0.679. The van der Waals surface area contributed by atoms with Crippen LogP contribution in [0.5, 0.6) is 5.75 Å². The number of rotatable bonds is 4. The molecule has 1 aliphatic heterocycles. The molecule has 24 heavy (non-hydrogen) atoms. The van der Waals surface area contributed by atoms with Crippen LogP contribution < -0.4 is 4.74 Å². The second-order valence-electron chi connectivity index (χ2n) is 5.53. The molecule has 0 unspecified atom stereocenters. The van der Waals surface area contributed by atoms with Gasteiger partial charge in [-0.05, 0) is 36.4 Å². The van der Waals surface area contributed by atoms with Gasteiger partial charge >= 0.3 is 0 Å². The van der Waals surface area contributed by atoms with Crippen LogP contribution in [0.15, 0.2) is 53.4 Å². The highest BCUT2D eigenvalue weighted by atomic mass is 32.2. The fourth-order valence-corrected chi connectivity index (χ4v) is 4.22. The van der Waals surface area contributed by atoms with Crippen LogP contribution in [0.4, 0.5) is 4.39 Å². The predicted molar refractivity (Wildman–Crippen MR) is 86.3 cm³/mol. The van der Waals surface area contributed by atoms with Crippen LogP contribution in [0.1, 0.15) is 10.4 Å². The van der Waals surface area contributed by atoms with Crippen molar-refractivity contribution < 1.29 is 22.3 Å². The fourth-order valence-electron chi connectivity index (χ4n) is 2.56. The molecule has 0 atom stereocenters. The minimum atomic E-state index is -3.53. The zero-order valence-corrected chi connectivity index (χ0v) is 13.8. The normalized spacial score (nSPS) is 15.0. The summed E-state index contributed by atoms with van der Waals surface area (Å²) in [7, 11) is -2.03. The molecule has 1 amide bonds. The molecule has 2 aromatic carbocycles. The first-order valence-corrected chi connectivity index (χ1v) is 8.90. The molecule has 0 N–H and O–H groups in total. The molecule has 1 saturated heterocycles. The average molecular weight is 349 g/mol. The third-order valence-electron chi connectivity index (χ3n) is 4.07. The second kappa shape index (κ2) is 6.24. The van der Waals surface area contributed by atoms with Gasteiger partial charge < -0.3 is 9.64 Å². The fraction of sp³-hybridized carbons (Fsp3) is 0.235. The number of hydrogen-bond acceptors (Lipinski definition) is 4. The maximum absolute atomic E-state index is 13.7.